The number of benzene rings is 8. The van der Waals surface area contributed by atoms with Crippen LogP contribution in [0.15, 0.2) is 241 Å². The first-order valence-electron chi connectivity index (χ1n) is 18.9. The van der Waals surface area contributed by atoms with Crippen LogP contribution in [0.25, 0.3) is 0 Å². The van der Waals surface area contributed by atoms with E-state index >= 15 is 0 Å². The van der Waals surface area contributed by atoms with Gasteiger partial charge in [-0.1, -0.05) is 212 Å². The number of hydrogen-bond acceptors (Lipinski definition) is 3. The standard InChI is InChI=1S/2C18H15P.C15H10N2O3.BrH.Ru/c2*1-4-10-16(11-5-1)19(17-12-6-2-7-13-17)18-14-8-3-9-15-18;18-14-13(9-5-1-3-7-11(9)17-14)16-12-8-4-2-6-10(12)15(19)20;;/h2*1-15H;1-8H,(H,19,20)(H,16,17,18);1H;/q;;;;+1/p-1. The van der Waals surface area contributed by atoms with Gasteiger partial charge in [0.25, 0.3) is 0 Å². The van der Waals surface area contributed by atoms with Crippen LogP contribution in [0.2, 0.25) is 0 Å². The first kappa shape index (κ1) is 43.9. The van der Waals surface area contributed by atoms with Gasteiger partial charge in [0, 0.05) is 5.56 Å². The summed E-state index contributed by atoms with van der Waals surface area (Å²) in [6, 6.07) is 78.2. The van der Waals surface area contributed by atoms with Crippen molar-refractivity contribution in [3.8, 4) is 0 Å². The van der Waals surface area contributed by atoms with E-state index in [1.54, 1.807) is 30.3 Å². The Morgan fingerprint density at radius 1 is 0.450 bits per heavy atom. The molecule has 1 aliphatic rings. The zero-order valence-corrected chi connectivity index (χ0v) is 37.4. The average Bonchev–Trinajstić information content (AvgIpc) is 3.64. The summed E-state index contributed by atoms with van der Waals surface area (Å²) >= 11 is 5.03. The van der Waals surface area contributed by atoms with E-state index in [-0.39, 0.29) is 22.9 Å². The molecule has 0 aliphatic carbocycles. The Labute approximate surface area is 370 Å². The molecule has 0 radical (unpaired) electrons. The zero-order chi connectivity index (χ0) is 41.9. The van der Waals surface area contributed by atoms with Crippen LogP contribution < -0.4 is 31.8 Å². The second-order valence-electron chi connectivity index (χ2n) is 12.9. The summed E-state index contributed by atoms with van der Waals surface area (Å²) in [5.41, 5.74) is 1.96. The van der Waals surface area contributed by atoms with Gasteiger partial charge in [-0.2, -0.15) is 0 Å². The van der Waals surface area contributed by atoms with Gasteiger partial charge in [-0.15, -0.1) is 0 Å². The van der Waals surface area contributed by atoms with Crippen molar-refractivity contribution in [1.82, 2.24) is 0 Å². The minimum absolute atomic E-state index is 0.0807. The van der Waals surface area contributed by atoms with Crippen molar-refractivity contribution in [2.24, 2.45) is 9.98 Å². The minimum atomic E-state index is -1.06. The number of aliphatic hydroxyl groups is 1. The number of aliphatic hydroxyl groups excluding tert-OH is 1. The molecule has 297 valence electrons. The van der Waals surface area contributed by atoms with Crippen LogP contribution in [0.3, 0.4) is 0 Å². The molecule has 0 aromatic heterocycles. The molecule has 5 nitrogen and oxygen atoms in total. The molecule has 8 aromatic rings. The van der Waals surface area contributed by atoms with Crippen LogP contribution in [-0.4, -0.2) is 27.8 Å². The fraction of sp³-hybridized carbons (Fsp3) is 0. The smallest absolute Gasteiger partial charge is 0.0134 e. The molecule has 0 fully saturated rings. The van der Waals surface area contributed by atoms with E-state index < -0.39 is 21.8 Å². The second kappa shape index (κ2) is 23.2. The van der Waals surface area contributed by atoms with Gasteiger partial charge in [0.15, 0.2) is 0 Å². The minimum Gasteiger partial charge on any atom is -0.0622 e. The third-order valence-electron chi connectivity index (χ3n) is 9.05. The summed E-state index contributed by atoms with van der Waals surface area (Å²) in [6.07, 6.45) is 0. The Hall–Kier alpha value is -5.67. The third kappa shape index (κ3) is 11.8. The monoisotopic (exact) mass is 971 g/mol. The molecular weight excluding hydrogens is 931 g/mol. The van der Waals surface area contributed by atoms with Gasteiger partial charge in [-0.3, -0.25) is 0 Å². The van der Waals surface area contributed by atoms with Crippen molar-refractivity contribution >= 4 is 90.2 Å². The number of aliphatic imine (C=N–C) groups is 2. The summed E-state index contributed by atoms with van der Waals surface area (Å²) in [6.45, 7) is 0. The Kier molecular flexibility index (Phi) is 17.0. The molecule has 2 N–H and O–H groups in total. The van der Waals surface area contributed by atoms with Crippen LogP contribution in [0, 0.1) is 0 Å². The van der Waals surface area contributed by atoms with Crippen molar-refractivity contribution in [2.75, 3.05) is 0 Å². The SMILES string of the molecule is O=C(O)c1ccccc1N=C1C(O)=Nc2ccccc21.[Br][Ru].c1ccc(P(c2ccccc2)c2ccccc2)cc1.c1ccc(P(c2ccccc2)c2ccccc2)cc1. The van der Waals surface area contributed by atoms with Crippen LogP contribution in [0.5, 0.6) is 0 Å². The summed E-state index contributed by atoms with van der Waals surface area (Å²) in [5, 5.41) is 27.4. The van der Waals surface area contributed by atoms with Gasteiger partial charge in [0.05, 0.1) is 16.9 Å². The quantitative estimate of drug-likeness (QED) is 0.118. The maximum atomic E-state index is 11.2. The number of nitrogens with zero attached hydrogens (tertiary/aromatic N) is 2. The van der Waals surface area contributed by atoms with Gasteiger partial charge in [0.2, 0.25) is 5.90 Å². The molecule has 0 saturated carbocycles. The first-order chi connectivity index (χ1) is 29.6. The molecule has 0 atom stereocenters. The number of halogens is 1. The molecule has 9 heteroatoms. The van der Waals surface area contributed by atoms with Gasteiger partial charge in [-0.25, -0.2) is 14.8 Å². The van der Waals surface area contributed by atoms with E-state index in [0.717, 1.165) is 0 Å². The fourth-order valence-electron chi connectivity index (χ4n) is 6.40. The molecule has 1 aliphatic heterocycles. The third-order valence-corrected chi connectivity index (χ3v) is 13.9. The predicted octanol–water partition coefficient (Wildman–Crippen LogP) is 10.8. The number of hydrogen-bond donors (Lipinski definition) is 2. The Morgan fingerprint density at radius 3 is 1.10 bits per heavy atom. The number of carbonyl (C=O) groups is 1. The van der Waals surface area contributed by atoms with E-state index in [1.807, 2.05) is 12.1 Å². The zero-order valence-electron chi connectivity index (χ0n) is 32.3. The van der Waals surface area contributed by atoms with Crippen molar-refractivity contribution in [1.29, 1.82) is 0 Å². The summed E-state index contributed by atoms with van der Waals surface area (Å²) in [4.78, 5) is 19.4. The van der Waals surface area contributed by atoms with Gasteiger partial charge < -0.3 is 10.2 Å². The molecule has 0 bridgehead atoms. The van der Waals surface area contributed by atoms with Gasteiger partial charge in [-0.05, 0) is 65.9 Å². The molecular formula is C51H40BrN2O3P2Ru. The largest absolute Gasteiger partial charge is 0.0622 e. The second-order valence-corrected chi connectivity index (χ2v) is 17.4. The van der Waals surface area contributed by atoms with Crippen molar-refractivity contribution in [3.63, 3.8) is 0 Å². The molecule has 60 heavy (non-hydrogen) atoms. The summed E-state index contributed by atoms with van der Waals surface area (Å²) in [7, 11) is -0.892. The fourth-order valence-corrected chi connectivity index (χ4v) is 11.0. The summed E-state index contributed by atoms with van der Waals surface area (Å²) < 4.78 is 0. The van der Waals surface area contributed by atoms with Gasteiger partial charge >= 0.3 is 35.9 Å². The molecule has 0 unspecified atom stereocenters. The van der Waals surface area contributed by atoms with Crippen molar-refractivity contribution < 1.29 is 31.4 Å². The number of rotatable bonds is 8. The molecule has 0 spiro atoms. The van der Waals surface area contributed by atoms with E-state index in [4.69, 9.17) is 5.11 Å². The first-order valence-corrected chi connectivity index (χ1v) is 25.5. The van der Waals surface area contributed by atoms with E-state index in [0.29, 0.717) is 11.3 Å². The van der Waals surface area contributed by atoms with Crippen LogP contribution >= 0.6 is 29.5 Å². The maximum Gasteiger partial charge on any atom is -0.0134 e. The number of aromatic carboxylic acids is 1. The molecule has 1 heterocycles. The van der Waals surface area contributed by atoms with E-state index in [9.17, 15) is 9.90 Å². The number of carboxylic acids is 1. The maximum absolute atomic E-state index is 11.2. The molecule has 0 saturated heterocycles. The van der Waals surface area contributed by atoms with E-state index in [1.165, 1.54) is 37.9 Å². The molecule has 8 aromatic carbocycles. The Morgan fingerprint density at radius 2 is 0.750 bits per heavy atom. The number of para-hydroxylation sites is 2. The Balaban J connectivity index is 0.000000148. The number of carboxylic acid groups (broad SMARTS) is 1. The van der Waals surface area contributed by atoms with Gasteiger partial charge in [0.1, 0.15) is 5.71 Å². The predicted molar refractivity (Wildman–Crippen MR) is 255 cm³/mol. The summed E-state index contributed by atoms with van der Waals surface area (Å²) in [5.74, 6) is -1.26. The Bertz CT molecular complexity index is 2300. The van der Waals surface area contributed by atoms with E-state index in [2.05, 4.69) is 222 Å². The average molecular weight is 972 g/mol. The normalized spacial score (nSPS) is 11.8. The van der Waals surface area contributed by atoms with Crippen LogP contribution in [0.1, 0.15) is 15.9 Å². The van der Waals surface area contributed by atoms with Crippen molar-refractivity contribution in [2.45, 2.75) is 0 Å². The number of fused-ring (bicyclic) bond motifs is 1. The topological polar surface area (TPSA) is 82.2 Å². The van der Waals surface area contributed by atoms with Crippen LogP contribution in [0.4, 0.5) is 11.4 Å². The van der Waals surface area contributed by atoms with Crippen molar-refractivity contribution in [3.05, 3.63) is 242 Å². The van der Waals surface area contributed by atoms with Crippen LogP contribution in [-0.2, 0) is 16.3 Å². The molecule has 9 rings (SSSR count). The molecule has 0 amide bonds.